The Bertz CT molecular complexity index is 1360. The van der Waals surface area contributed by atoms with E-state index in [1.165, 1.54) is 16.7 Å². The van der Waals surface area contributed by atoms with Crippen molar-refractivity contribution in [1.82, 2.24) is 4.90 Å². The number of anilines is 3. The highest BCUT2D eigenvalue weighted by Gasteiger charge is 2.24. The summed E-state index contributed by atoms with van der Waals surface area (Å²) in [6.07, 6.45) is 2.11. The summed E-state index contributed by atoms with van der Waals surface area (Å²) in [4.78, 5) is 9.35. The van der Waals surface area contributed by atoms with E-state index in [0.29, 0.717) is 12.6 Å². The molecule has 0 aromatic heterocycles. The van der Waals surface area contributed by atoms with Crippen molar-refractivity contribution in [3.63, 3.8) is 0 Å². The van der Waals surface area contributed by atoms with E-state index in [9.17, 15) is 0 Å². The molecule has 0 atom stereocenters. The standard InChI is InChI=1S/C33H33N3O/c1-5-35-23-31(37-33(35)34-32-25(3)20-24(2)21-26(32)4)22-27-16-18-30(19-17-27)36(28-12-8-6-9-13-28)29-14-10-7-11-15-29/h6-22H,5,23H2,1-4H3/b31-22+,34-33?. The van der Waals surface area contributed by atoms with E-state index in [-0.39, 0.29) is 0 Å². The van der Waals surface area contributed by atoms with Crippen LogP contribution in [0.3, 0.4) is 0 Å². The molecular weight excluding hydrogens is 454 g/mol. The SMILES string of the molecule is CCN1C/C(=C\c2ccc(N(c3ccccc3)c3ccccc3)cc2)OC1=Nc1c(C)cc(C)cc1C. The van der Waals surface area contributed by atoms with Crippen molar-refractivity contribution in [1.29, 1.82) is 0 Å². The Morgan fingerprint density at radius 3 is 1.86 bits per heavy atom. The number of nitrogens with zero attached hydrogens (tertiary/aromatic N) is 3. The molecule has 1 aliphatic heterocycles. The van der Waals surface area contributed by atoms with Gasteiger partial charge in [-0.15, -0.1) is 0 Å². The third-order valence-electron chi connectivity index (χ3n) is 6.57. The number of ether oxygens (including phenoxy) is 1. The van der Waals surface area contributed by atoms with E-state index >= 15 is 0 Å². The van der Waals surface area contributed by atoms with E-state index in [1.54, 1.807) is 0 Å². The van der Waals surface area contributed by atoms with Gasteiger partial charge in [0.1, 0.15) is 5.76 Å². The highest BCUT2D eigenvalue weighted by molar-refractivity contribution is 5.83. The van der Waals surface area contributed by atoms with Gasteiger partial charge >= 0.3 is 0 Å². The quantitative estimate of drug-likeness (QED) is 0.273. The number of hydrogen-bond donors (Lipinski definition) is 0. The molecule has 0 amide bonds. The first-order valence-electron chi connectivity index (χ1n) is 12.8. The van der Waals surface area contributed by atoms with Gasteiger partial charge in [0, 0.05) is 23.6 Å². The van der Waals surface area contributed by atoms with E-state index in [2.05, 4.69) is 128 Å². The molecule has 1 fully saturated rings. The first kappa shape index (κ1) is 24.4. The molecular formula is C33H33N3O. The maximum atomic E-state index is 6.26. The lowest BCUT2D eigenvalue weighted by atomic mass is 10.1. The monoisotopic (exact) mass is 487 g/mol. The van der Waals surface area contributed by atoms with Crippen LogP contribution in [0.4, 0.5) is 22.7 Å². The lowest BCUT2D eigenvalue weighted by Gasteiger charge is -2.25. The fourth-order valence-corrected chi connectivity index (χ4v) is 4.84. The molecule has 37 heavy (non-hydrogen) atoms. The van der Waals surface area contributed by atoms with Gasteiger partial charge in [-0.2, -0.15) is 4.99 Å². The zero-order valence-corrected chi connectivity index (χ0v) is 22.0. The van der Waals surface area contributed by atoms with Gasteiger partial charge < -0.3 is 14.5 Å². The third-order valence-corrected chi connectivity index (χ3v) is 6.57. The minimum Gasteiger partial charge on any atom is -0.428 e. The minimum atomic E-state index is 0.666. The summed E-state index contributed by atoms with van der Waals surface area (Å²) in [5, 5.41) is 0. The summed E-state index contributed by atoms with van der Waals surface area (Å²) in [7, 11) is 0. The lowest BCUT2D eigenvalue weighted by Crippen LogP contribution is -2.24. The van der Waals surface area contributed by atoms with Gasteiger partial charge in [-0.1, -0.05) is 66.2 Å². The maximum Gasteiger partial charge on any atom is 0.298 e. The van der Waals surface area contributed by atoms with Crippen LogP contribution in [0.1, 0.15) is 29.2 Å². The number of aliphatic imine (C=N–C) groups is 1. The van der Waals surface area contributed by atoms with Crippen LogP contribution in [0.25, 0.3) is 6.08 Å². The summed E-state index contributed by atoms with van der Waals surface area (Å²) >= 11 is 0. The summed E-state index contributed by atoms with van der Waals surface area (Å²) < 4.78 is 6.26. The molecule has 1 heterocycles. The van der Waals surface area contributed by atoms with Gasteiger partial charge in [0.05, 0.1) is 12.2 Å². The Labute approximate surface area is 220 Å². The van der Waals surface area contributed by atoms with Gasteiger partial charge in [0.2, 0.25) is 0 Å². The lowest BCUT2D eigenvalue weighted by molar-refractivity contribution is 0.426. The number of amidine groups is 1. The van der Waals surface area contributed by atoms with Gasteiger partial charge in [-0.05, 0) is 86.9 Å². The highest BCUT2D eigenvalue weighted by atomic mass is 16.5. The third kappa shape index (κ3) is 5.44. The second-order valence-corrected chi connectivity index (χ2v) is 9.47. The maximum absolute atomic E-state index is 6.26. The molecule has 5 rings (SSSR count). The highest BCUT2D eigenvalue weighted by Crippen LogP contribution is 2.34. The molecule has 4 heteroatoms. The van der Waals surface area contributed by atoms with E-state index in [1.807, 2.05) is 12.1 Å². The Hall–Kier alpha value is -4.31. The molecule has 4 aromatic carbocycles. The average molecular weight is 488 g/mol. The van der Waals surface area contributed by atoms with Crippen molar-refractivity contribution in [2.75, 3.05) is 18.0 Å². The molecule has 4 nitrogen and oxygen atoms in total. The zero-order valence-electron chi connectivity index (χ0n) is 22.0. The van der Waals surface area contributed by atoms with Crippen molar-refractivity contribution >= 4 is 34.8 Å². The Kier molecular flexibility index (Phi) is 7.09. The molecule has 0 unspecified atom stereocenters. The van der Waals surface area contributed by atoms with Crippen LogP contribution in [0.15, 0.2) is 108 Å². The Morgan fingerprint density at radius 2 is 1.32 bits per heavy atom. The minimum absolute atomic E-state index is 0.666. The first-order chi connectivity index (χ1) is 18.0. The van der Waals surface area contributed by atoms with Crippen LogP contribution >= 0.6 is 0 Å². The second kappa shape index (κ2) is 10.8. The normalized spacial score (nSPS) is 15.3. The van der Waals surface area contributed by atoms with Crippen molar-refractivity contribution in [3.8, 4) is 0 Å². The van der Waals surface area contributed by atoms with Crippen molar-refractivity contribution in [3.05, 3.63) is 125 Å². The number of rotatable bonds is 6. The number of likely N-dealkylation sites (N-methyl/N-ethyl adjacent to an activating group) is 1. The molecule has 186 valence electrons. The van der Waals surface area contributed by atoms with Crippen molar-refractivity contribution < 1.29 is 4.74 Å². The molecule has 0 spiro atoms. The topological polar surface area (TPSA) is 28.1 Å². The smallest absolute Gasteiger partial charge is 0.298 e. The number of hydrogen-bond acceptors (Lipinski definition) is 3. The van der Waals surface area contributed by atoms with Gasteiger partial charge in [-0.3, -0.25) is 0 Å². The molecule has 0 radical (unpaired) electrons. The molecule has 0 N–H and O–H groups in total. The zero-order chi connectivity index (χ0) is 25.8. The van der Waals surface area contributed by atoms with Crippen LogP contribution in [0.5, 0.6) is 0 Å². The van der Waals surface area contributed by atoms with Crippen LogP contribution in [0, 0.1) is 20.8 Å². The molecule has 4 aromatic rings. The number of benzene rings is 4. The Balaban J connectivity index is 1.41. The van der Waals surface area contributed by atoms with Gasteiger partial charge in [0.25, 0.3) is 6.02 Å². The van der Waals surface area contributed by atoms with Crippen molar-refractivity contribution in [2.45, 2.75) is 27.7 Å². The fraction of sp³-hybridized carbons (Fsp3) is 0.182. The van der Waals surface area contributed by atoms with E-state index in [4.69, 9.17) is 9.73 Å². The first-order valence-corrected chi connectivity index (χ1v) is 12.8. The summed E-state index contributed by atoms with van der Waals surface area (Å²) in [5.74, 6) is 0.902. The predicted molar refractivity (Wildman–Crippen MR) is 155 cm³/mol. The van der Waals surface area contributed by atoms with Crippen LogP contribution in [0.2, 0.25) is 0 Å². The molecule has 0 aliphatic carbocycles. The van der Waals surface area contributed by atoms with Crippen LogP contribution in [-0.2, 0) is 4.74 Å². The van der Waals surface area contributed by atoms with Gasteiger partial charge in [-0.25, -0.2) is 0 Å². The summed E-state index contributed by atoms with van der Waals surface area (Å²) in [6, 6.07) is 34.5. The van der Waals surface area contributed by atoms with Crippen LogP contribution < -0.4 is 4.90 Å². The van der Waals surface area contributed by atoms with Crippen molar-refractivity contribution in [2.24, 2.45) is 4.99 Å². The number of para-hydroxylation sites is 2. The van der Waals surface area contributed by atoms with Gasteiger partial charge in [0.15, 0.2) is 0 Å². The molecule has 1 aliphatic rings. The fourth-order valence-electron chi connectivity index (χ4n) is 4.84. The predicted octanol–water partition coefficient (Wildman–Crippen LogP) is 8.46. The summed E-state index contributed by atoms with van der Waals surface area (Å²) in [6.45, 7) is 10.0. The average Bonchev–Trinajstić information content (AvgIpc) is 3.30. The molecule has 0 saturated carbocycles. The second-order valence-electron chi connectivity index (χ2n) is 9.47. The summed E-state index contributed by atoms with van der Waals surface area (Å²) in [5.41, 5.74) is 9.03. The largest absolute Gasteiger partial charge is 0.428 e. The number of aryl methyl sites for hydroxylation is 3. The van der Waals surface area contributed by atoms with Crippen LogP contribution in [-0.4, -0.2) is 24.0 Å². The molecule has 1 saturated heterocycles. The van der Waals surface area contributed by atoms with E-state index in [0.717, 1.165) is 40.6 Å². The van der Waals surface area contributed by atoms with E-state index < -0.39 is 0 Å². The Morgan fingerprint density at radius 1 is 0.784 bits per heavy atom. The molecule has 0 bridgehead atoms.